The number of nitrogens with two attached hydrogens (primary N) is 1. The third kappa shape index (κ3) is 4.21. The number of primary amides is 1. The number of nitro benzene ring substituents is 1. The third-order valence-corrected chi connectivity index (χ3v) is 3.88. The summed E-state index contributed by atoms with van der Waals surface area (Å²) in [4.78, 5) is 43.0. The lowest BCUT2D eigenvalue weighted by molar-refractivity contribution is -0.384. The molecule has 0 radical (unpaired) electrons. The zero-order valence-corrected chi connectivity index (χ0v) is 14.0. The van der Waals surface area contributed by atoms with Gasteiger partial charge in [-0.2, -0.15) is 0 Å². The number of carbonyl (C=O) groups excluding carboxylic acids is 2. The summed E-state index contributed by atoms with van der Waals surface area (Å²) in [5.74, 6) is -1.39. The van der Waals surface area contributed by atoms with E-state index in [0.29, 0.717) is 16.7 Å². The Morgan fingerprint density at radius 2 is 1.89 bits per heavy atom. The van der Waals surface area contributed by atoms with Gasteiger partial charge in [-0.05, 0) is 18.2 Å². The lowest BCUT2D eigenvalue weighted by Crippen LogP contribution is -2.46. The van der Waals surface area contributed by atoms with Gasteiger partial charge < -0.3 is 11.1 Å². The van der Waals surface area contributed by atoms with Gasteiger partial charge in [-0.15, -0.1) is 0 Å². The molecule has 1 atom stereocenters. The van der Waals surface area contributed by atoms with Gasteiger partial charge in [0.25, 0.3) is 11.6 Å². The predicted molar refractivity (Wildman–Crippen MR) is 96.8 cm³/mol. The second-order valence-corrected chi connectivity index (χ2v) is 5.79. The molecule has 136 valence electrons. The van der Waals surface area contributed by atoms with Crippen LogP contribution in [-0.4, -0.2) is 32.7 Å². The molecular formula is C18H15N5O4. The molecule has 9 heteroatoms. The summed E-state index contributed by atoms with van der Waals surface area (Å²) in [6.45, 7) is 0. The molecule has 0 aliphatic rings. The number of benzene rings is 2. The molecule has 2 amide bonds. The number of hydrogen-bond acceptors (Lipinski definition) is 6. The minimum Gasteiger partial charge on any atom is -0.368 e. The summed E-state index contributed by atoms with van der Waals surface area (Å²) in [5.41, 5.74) is 7.07. The van der Waals surface area contributed by atoms with E-state index in [1.807, 2.05) is 18.2 Å². The Bertz CT molecular complexity index is 1040. The smallest absolute Gasteiger partial charge is 0.270 e. The van der Waals surface area contributed by atoms with Gasteiger partial charge in [0.2, 0.25) is 5.91 Å². The summed E-state index contributed by atoms with van der Waals surface area (Å²) >= 11 is 0. The first-order chi connectivity index (χ1) is 12.9. The van der Waals surface area contributed by atoms with Crippen LogP contribution >= 0.6 is 0 Å². The highest BCUT2D eigenvalue weighted by Gasteiger charge is 2.21. The van der Waals surface area contributed by atoms with Crippen molar-refractivity contribution in [2.45, 2.75) is 12.5 Å². The van der Waals surface area contributed by atoms with Crippen LogP contribution in [0.4, 0.5) is 5.69 Å². The number of non-ortho nitro benzene ring substituents is 1. The zero-order valence-electron chi connectivity index (χ0n) is 14.0. The van der Waals surface area contributed by atoms with Gasteiger partial charge in [-0.1, -0.05) is 18.2 Å². The fourth-order valence-corrected chi connectivity index (χ4v) is 2.53. The van der Waals surface area contributed by atoms with Crippen molar-refractivity contribution in [1.82, 2.24) is 15.3 Å². The van der Waals surface area contributed by atoms with Crippen LogP contribution in [0.1, 0.15) is 16.1 Å². The summed E-state index contributed by atoms with van der Waals surface area (Å²) in [6, 6.07) is 11.4. The van der Waals surface area contributed by atoms with Crippen molar-refractivity contribution >= 4 is 28.5 Å². The first-order valence-corrected chi connectivity index (χ1v) is 7.99. The van der Waals surface area contributed by atoms with E-state index < -0.39 is 22.8 Å². The minimum atomic E-state index is -1.03. The fourth-order valence-electron chi connectivity index (χ4n) is 2.53. The number of para-hydroxylation sites is 2. The quantitative estimate of drug-likeness (QED) is 0.499. The molecule has 0 aliphatic carbocycles. The largest absolute Gasteiger partial charge is 0.368 e. The van der Waals surface area contributed by atoms with Gasteiger partial charge in [0, 0.05) is 30.3 Å². The SMILES string of the molecule is NC(=O)[C@H](Cc1cnc2ccccc2n1)NC(=O)c1cccc([N+](=O)[O-])c1. The summed E-state index contributed by atoms with van der Waals surface area (Å²) in [6.07, 6.45) is 1.56. The number of nitro groups is 1. The van der Waals surface area contributed by atoms with Gasteiger partial charge in [-0.25, -0.2) is 4.98 Å². The Morgan fingerprint density at radius 1 is 1.15 bits per heavy atom. The molecule has 0 unspecified atom stereocenters. The highest BCUT2D eigenvalue weighted by molar-refractivity contribution is 5.97. The summed E-state index contributed by atoms with van der Waals surface area (Å²) in [7, 11) is 0. The molecule has 3 N–H and O–H groups in total. The van der Waals surface area contributed by atoms with Gasteiger partial charge in [0.1, 0.15) is 6.04 Å². The first-order valence-electron chi connectivity index (χ1n) is 7.99. The van der Waals surface area contributed by atoms with Crippen LogP contribution in [0.3, 0.4) is 0 Å². The average molecular weight is 365 g/mol. The summed E-state index contributed by atoms with van der Waals surface area (Å²) in [5, 5.41) is 13.3. The Balaban J connectivity index is 1.79. The molecule has 0 aliphatic heterocycles. The number of hydrogen-bond donors (Lipinski definition) is 2. The Morgan fingerprint density at radius 3 is 2.59 bits per heavy atom. The highest BCUT2D eigenvalue weighted by Crippen LogP contribution is 2.14. The number of nitrogens with one attached hydrogen (secondary N) is 1. The van der Waals surface area contributed by atoms with Crippen molar-refractivity contribution in [1.29, 1.82) is 0 Å². The van der Waals surface area contributed by atoms with Gasteiger partial charge in [0.15, 0.2) is 0 Å². The molecule has 0 saturated heterocycles. The fraction of sp³-hybridized carbons (Fsp3) is 0.111. The topological polar surface area (TPSA) is 141 Å². The standard InChI is InChI=1S/C18H15N5O4/c19-17(24)16(9-12-10-20-14-6-1-2-7-15(14)21-12)22-18(25)11-4-3-5-13(8-11)23(26)27/h1-8,10,16H,9H2,(H2,19,24)(H,22,25)/t16-/m0/s1. The van der Waals surface area contributed by atoms with Crippen molar-refractivity contribution in [3.05, 3.63) is 76.1 Å². The Kier molecular flexibility index (Phi) is 5.02. The summed E-state index contributed by atoms with van der Waals surface area (Å²) < 4.78 is 0. The maximum atomic E-state index is 12.4. The van der Waals surface area contributed by atoms with Gasteiger partial charge in [0.05, 0.1) is 21.7 Å². The molecule has 27 heavy (non-hydrogen) atoms. The Labute approximate surface area is 153 Å². The first kappa shape index (κ1) is 17.9. The molecule has 0 saturated carbocycles. The van der Waals surface area contributed by atoms with E-state index in [1.165, 1.54) is 24.4 Å². The number of aromatic nitrogens is 2. The van der Waals surface area contributed by atoms with Crippen LogP contribution in [0.5, 0.6) is 0 Å². The van der Waals surface area contributed by atoms with Crippen LogP contribution in [0.25, 0.3) is 11.0 Å². The van der Waals surface area contributed by atoms with E-state index >= 15 is 0 Å². The molecule has 2 aromatic carbocycles. The number of fused-ring (bicyclic) bond motifs is 1. The second-order valence-electron chi connectivity index (χ2n) is 5.79. The van der Waals surface area contributed by atoms with E-state index in [1.54, 1.807) is 6.07 Å². The van der Waals surface area contributed by atoms with Gasteiger partial charge >= 0.3 is 0 Å². The maximum absolute atomic E-state index is 12.4. The minimum absolute atomic E-state index is 0.0494. The van der Waals surface area contributed by atoms with E-state index in [0.717, 1.165) is 6.07 Å². The molecule has 9 nitrogen and oxygen atoms in total. The van der Waals surface area contributed by atoms with Crippen LogP contribution in [-0.2, 0) is 11.2 Å². The second kappa shape index (κ2) is 7.56. The number of amides is 2. The highest BCUT2D eigenvalue weighted by atomic mass is 16.6. The maximum Gasteiger partial charge on any atom is 0.270 e. The average Bonchev–Trinajstić information content (AvgIpc) is 2.67. The molecule has 0 spiro atoms. The molecule has 0 fully saturated rings. The lowest BCUT2D eigenvalue weighted by atomic mass is 10.1. The van der Waals surface area contributed by atoms with Crippen molar-refractivity contribution in [3.8, 4) is 0 Å². The van der Waals surface area contributed by atoms with E-state index in [-0.39, 0.29) is 17.7 Å². The van der Waals surface area contributed by atoms with E-state index in [4.69, 9.17) is 5.73 Å². The number of rotatable bonds is 6. The van der Waals surface area contributed by atoms with Crippen LogP contribution in [0.2, 0.25) is 0 Å². The van der Waals surface area contributed by atoms with Crippen LogP contribution in [0, 0.1) is 10.1 Å². The molecule has 1 aromatic heterocycles. The monoisotopic (exact) mass is 365 g/mol. The molecule has 1 heterocycles. The van der Waals surface area contributed by atoms with E-state index in [2.05, 4.69) is 15.3 Å². The number of nitrogens with zero attached hydrogens (tertiary/aromatic N) is 3. The van der Waals surface area contributed by atoms with Crippen molar-refractivity contribution in [2.24, 2.45) is 5.73 Å². The predicted octanol–water partition coefficient (Wildman–Crippen LogP) is 1.36. The van der Waals surface area contributed by atoms with Crippen molar-refractivity contribution in [2.75, 3.05) is 0 Å². The third-order valence-electron chi connectivity index (χ3n) is 3.88. The Hall–Kier alpha value is -3.88. The van der Waals surface area contributed by atoms with Crippen LogP contribution < -0.4 is 11.1 Å². The molecule has 0 bridgehead atoms. The van der Waals surface area contributed by atoms with Gasteiger partial charge in [-0.3, -0.25) is 24.7 Å². The molecule has 3 aromatic rings. The zero-order chi connectivity index (χ0) is 19.4. The van der Waals surface area contributed by atoms with E-state index in [9.17, 15) is 19.7 Å². The molecular weight excluding hydrogens is 350 g/mol. The normalized spacial score (nSPS) is 11.7. The van der Waals surface area contributed by atoms with Crippen LogP contribution in [0.15, 0.2) is 54.7 Å². The lowest BCUT2D eigenvalue weighted by Gasteiger charge is -2.15. The molecule has 3 rings (SSSR count). The number of carbonyl (C=O) groups is 2. The van der Waals surface area contributed by atoms with Crippen molar-refractivity contribution < 1.29 is 14.5 Å². The van der Waals surface area contributed by atoms with Crippen molar-refractivity contribution in [3.63, 3.8) is 0 Å².